The first kappa shape index (κ1) is 12.4. The van der Waals surface area contributed by atoms with E-state index in [0.717, 1.165) is 12.8 Å². The van der Waals surface area contributed by atoms with Crippen molar-refractivity contribution in [2.75, 3.05) is 5.32 Å². The van der Waals surface area contributed by atoms with E-state index in [1.54, 1.807) is 13.0 Å². The van der Waals surface area contributed by atoms with Gasteiger partial charge in [-0.2, -0.15) is 4.98 Å². The molecule has 0 fully saturated rings. The number of H-pyrrole nitrogens is 1. The summed E-state index contributed by atoms with van der Waals surface area (Å²) < 4.78 is 0. The second-order valence-corrected chi connectivity index (χ2v) is 3.76. The maximum Gasteiger partial charge on any atom is 0.347 e. The zero-order valence-electron chi connectivity index (χ0n) is 9.83. The van der Waals surface area contributed by atoms with Gasteiger partial charge in [0.15, 0.2) is 0 Å². The molecule has 0 aromatic carbocycles. The van der Waals surface area contributed by atoms with Gasteiger partial charge in [-0.1, -0.05) is 13.8 Å². The number of carbonyl (C=O) groups excluding carboxylic acids is 1. The summed E-state index contributed by atoms with van der Waals surface area (Å²) >= 11 is 0. The molecule has 0 bridgehead atoms. The van der Waals surface area contributed by atoms with Crippen molar-refractivity contribution >= 4 is 11.7 Å². The highest BCUT2D eigenvalue weighted by Crippen LogP contribution is 2.10. The summed E-state index contributed by atoms with van der Waals surface area (Å²) in [6.45, 7) is 5.67. The number of carbonyl (C=O) groups is 1. The Morgan fingerprint density at radius 1 is 1.50 bits per heavy atom. The summed E-state index contributed by atoms with van der Waals surface area (Å²) in [4.78, 5) is 29.0. The first-order chi connectivity index (χ1) is 7.56. The summed E-state index contributed by atoms with van der Waals surface area (Å²) in [5.41, 5.74) is 0.236. The molecule has 1 amide bonds. The lowest BCUT2D eigenvalue weighted by Crippen LogP contribution is -2.24. The van der Waals surface area contributed by atoms with Crippen molar-refractivity contribution in [2.24, 2.45) is 5.92 Å². The van der Waals surface area contributed by atoms with E-state index in [-0.39, 0.29) is 11.8 Å². The van der Waals surface area contributed by atoms with Gasteiger partial charge in [-0.05, 0) is 19.8 Å². The third-order valence-electron chi connectivity index (χ3n) is 2.49. The summed E-state index contributed by atoms with van der Waals surface area (Å²) in [7, 11) is 0. The Bertz CT molecular complexity index is 421. The molecule has 2 N–H and O–H groups in total. The van der Waals surface area contributed by atoms with Gasteiger partial charge < -0.3 is 10.3 Å². The number of anilines is 1. The Labute approximate surface area is 94.3 Å². The van der Waals surface area contributed by atoms with Crippen LogP contribution < -0.4 is 11.0 Å². The van der Waals surface area contributed by atoms with Gasteiger partial charge in [-0.3, -0.25) is 4.79 Å². The Morgan fingerprint density at radius 3 is 2.62 bits per heavy atom. The SMILES string of the molecule is CCC(CC)C(=O)Nc1cc(C)[nH]c(=O)n1. The maximum atomic E-state index is 11.7. The molecule has 0 saturated heterocycles. The predicted molar refractivity (Wildman–Crippen MR) is 62.3 cm³/mol. The first-order valence-electron chi connectivity index (χ1n) is 5.45. The van der Waals surface area contributed by atoms with Crippen molar-refractivity contribution in [3.63, 3.8) is 0 Å². The standard InChI is InChI=1S/C11H17N3O2/c1-4-8(5-2)10(15)13-9-6-7(3)12-11(16)14-9/h6,8H,4-5H2,1-3H3,(H2,12,13,14,15,16). The molecular formula is C11H17N3O2. The highest BCUT2D eigenvalue weighted by molar-refractivity contribution is 5.91. The lowest BCUT2D eigenvalue weighted by atomic mass is 10.0. The fraction of sp³-hybridized carbons (Fsp3) is 0.545. The number of aryl methyl sites for hydroxylation is 1. The molecule has 0 saturated carbocycles. The quantitative estimate of drug-likeness (QED) is 0.811. The molecule has 0 spiro atoms. The van der Waals surface area contributed by atoms with Crippen molar-refractivity contribution < 1.29 is 4.79 Å². The summed E-state index contributed by atoms with van der Waals surface area (Å²) in [5.74, 6) is 0.210. The largest absolute Gasteiger partial charge is 0.347 e. The molecule has 0 radical (unpaired) electrons. The van der Waals surface area contributed by atoms with Crippen LogP contribution in [0, 0.1) is 12.8 Å². The monoisotopic (exact) mass is 223 g/mol. The lowest BCUT2D eigenvalue weighted by Gasteiger charge is -2.11. The Balaban J connectivity index is 2.80. The van der Waals surface area contributed by atoms with Crippen LogP contribution in [0.15, 0.2) is 10.9 Å². The second-order valence-electron chi connectivity index (χ2n) is 3.76. The van der Waals surface area contributed by atoms with E-state index >= 15 is 0 Å². The molecular weight excluding hydrogens is 206 g/mol. The number of nitrogens with zero attached hydrogens (tertiary/aromatic N) is 1. The van der Waals surface area contributed by atoms with Gasteiger partial charge in [0.25, 0.3) is 0 Å². The van der Waals surface area contributed by atoms with Crippen LogP contribution in [0.25, 0.3) is 0 Å². The van der Waals surface area contributed by atoms with E-state index in [0.29, 0.717) is 11.5 Å². The Hall–Kier alpha value is -1.65. The van der Waals surface area contributed by atoms with Crippen LogP contribution in [0.3, 0.4) is 0 Å². The van der Waals surface area contributed by atoms with E-state index in [1.165, 1.54) is 0 Å². The van der Waals surface area contributed by atoms with Gasteiger partial charge >= 0.3 is 5.69 Å². The summed E-state index contributed by atoms with van der Waals surface area (Å²) in [6.07, 6.45) is 1.56. The molecule has 0 aliphatic carbocycles. The van der Waals surface area contributed by atoms with Crippen LogP contribution in [0.1, 0.15) is 32.4 Å². The van der Waals surface area contributed by atoms with E-state index in [4.69, 9.17) is 0 Å². The summed E-state index contributed by atoms with van der Waals surface area (Å²) in [6, 6.07) is 1.64. The molecule has 1 aromatic heterocycles. The van der Waals surface area contributed by atoms with Crippen LogP contribution >= 0.6 is 0 Å². The Morgan fingerprint density at radius 2 is 2.12 bits per heavy atom. The minimum Gasteiger partial charge on any atom is -0.310 e. The van der Waals surface area contributed by atoms with E-state index in [1.807, 2.05) is 13.8 Å². The normalized spacial score (nSPS) is 10.5. The molecule has 5 heteroatoms. The van der Waals surface area contributed by atoms with E-state index in [9.17, 15) is 9.59 Å². The Kier molecular flexibility index (Phi) is 4.22. The smallest absolute Gasteiger partial charge is 0.310 e. The minimum absolute atomic E-state index is 0.0265. The van der Waals surface area contributed by atoms with E-state index < -0.39 is 5.69 Å². The van der Waals surface area contributed by atoms with Crippen molar-refractivity contribution in [2.45, 2.75) is 33.6 Å². The summed E-state index contributed by atoms with van der Waals surface area (Å²) in [5, 5.41) is 2.66. The molecule has 1 rings (SSSR count). The zero-order chi connectivity index (χ0) is 12.1. The molecule has 1 heterocycles. The average Bonchev–Trinajstić information content (AvgIpc) is 2.17. The number of aromatic nitrogens is 2. The first-order valence-corrected chi connectivity index (χ1v) is 5.45. The highest BCUT2D eigenvalue weighted by atomic mass is 16.2. The lowest BCUT2D eigenvalue weighted by molar-refractivity contribution is -0.120. The van der Waals surface area contributed by atoms with Gasteiger partial charge in [-0.25, -0.2) is 4.79 Å². The predicted octanol–water partition coefficient (Wildman–Crippen LogP) is 1.45. The van der Waals surface area contributed by atoms with Crippen LogP contribution in [0.2, 0.25) is 0 Å². The molecule has 0 atom stereocenters. The number of aromatic amines is 1. The molecule has 0 aliphatic heterocycles. The second kappa shape index (κ2) is 5.44. The van der Waals surface area contributed by atoms with Crippen molar-refractivity contribution in [1.29, 1.82) is 0 Å². The molecule has 88 valence electrons. The van der Waals surface area contributed by atoms with Gasteiger partial charge in [0.05, 0.1) is 0 Å². The fourth-order valence-electron chi connectivity index (χ4n) is 1.53. The highest BCUT2D eigenvalue weighted by Gasteiger charge is 2.14. The fourth-order valence-corrected chi connectivity index (χ4v) is 1.53. The topological polar surface area (TPSA) is 74.8 Å². The van der Waals surface area contributed by atoms with Gasteiger partial charge in [-0.15, -0.1) is 0 Å². The van der Waals surface area contributed by atoms with Crippen molar-refractivity contribution in [3.8, 4) is 0 Å². The number of hydrogen-bond donors (Lipinski definition) is 2. The van der Waals surface area contributed by atoms with Gasteiger partial charge in [0.2, 0.25) is 5.91 Å². The number of nitrogens with one attached hydrogen (secondary N) is 2. The third-order valence-corrected chi connectivity index (χ3v) is 2.49. The molecule has 0 unspecified atom stereocenters. The van der Waals surface area contributed by atoms with E-state index in [2.05, 4.69) is 15.3 Å². The molecule has 16 heavy (non-hydrogen) atoms. The van der Waals surface area contributed by atoms with Gasteiger partial charge in [0, 0.05) is 17.7 Å². The number of rotatable bonds is 4. The molecule has 5 nitrogen and oxygen atoms in total. The third kappa shape index (κ3) is 3.18. The van der Waals surface area contributed by atoms with Gasteiger partial charge in [0.1, 0.15) is 5.82 Å². The molecule has 0 aliphatic rings. The molecule has 1 aromatic rings. The number of hydrogen-bond acceptors (Lipinski definition) is 3. The van der Waals surface area contributed by atoms with Crippen LogP contribution in [-0.4, -0.2) is 15.9 Å². The van der Waals surface area contributed by atoms with Crippen molar-refractivity contribution in [3.05, 3.63) is 22.2 Å². The van der Waals surface area contributed by atoms with Crippen LogP contribution in [0.5, 0.6) is 0 Å². The number of amides is 1. The van der Waals surface area contributed by atoms with Crippen LogP contribution in [0.4, 0.5) is 5.82 Å². The van der Waals surface area contributed by atoms with Crippen LogP contribution in [-0.2, 0) is 4.79 Å². The zero-order valence-corrected chi connectivity index (χ0v) is 9.83. The maximum absolute atomic E-state index is 11.7. The van der Waals surface area contributed by atoms with Crippen molar-refractivity contribution in [1.82, 2.24) is 9.97 Å². The average molecular weight is 223 g/mol. The minimum atomic E-state index is -0.445.